The monoisotopic (exact) mass is 811 g/mol. The van der Waals surface area contributed by atoms with Gasteiger partial charge in [-0.3, -0.25) is 4.79 Å². The van der Waals surface area contributed by atoms with E-state index in [0.717, 1.165) is 75.2 Å². The number of hydrogen-bond acceptors (Lipinski definition) is 8. The van der Waals surface area contributed by atoms with Gasteiger partial charge in [0.15, 0.2) is 6.04 Å². The first-order chi connectivity index (χ1) is 29.0. The molecule has 5 N–H and O–H groups in total. The highest BCUT2D eigenvalue weighted by atomic mass is 16.7. The maximum Gasteiger partial charge on any atom is 0.568 e. The van der Waals surface area contributed by atoms with E-state index in [4.69, 9.17) is 9.72 Å². The van der Waals surface area contributed by atoms with Gasteiger partial charge in [-0.05, 0) is 78.5 Å². The van der Waals surface area contributed by atoms with Crippen LogP contribution < -0.4 is 5.32 Å². The fraction of sp³-hybridized carbons (Fsp3) is 0.326. The number of fused-ring (bicyclic) bond motifs is 1. The maximum atomic E-state index is 13.6. The lowest BCUT2D eigenvalue weighted by Gasteiger charge is -2.38. The summed E-state index contributed by atoms with van der Waals surface area (Å²) in [5, 5.41) is 26.4. The molecule has 0 bridgehead atoms. The van der Waals surface area contributed by atoms with E-state index in [9.17, 15) is 24.7 Å². The zero-order valence-electron chi connectivity index (χ0n) is 34.2. The van der Waals surface area contributed by atoms with Crippen molar-refractivity contribution >= 4 is 29.1 Å². The number of ether oxygens (including phenoxy) is 1. The highest BCUT2D eigenvalue weighted by Gasteiger charge is 2.54. The Bertz CT molecular complexity index is 2480. The molecule has 2 fully saturated rings. The molecule has 5 atom stereocenters. The summed E-state index contributed by atoms with van der Waals surface area (Å²) in [6.45, 7) is 6.54. The number of benzene rings is 4. The van der Waals surface area contributed by atoms with Crippen molar-refractivity contribution in [2.45, 2.75) is 70.6 Å². The molecule has 0 aliphatic carbocycles. The third-order valence-electron chi connectivity index (χ3n) is 12.1. The minimum atomic E-state index is -1.34. The van der Waals surface area contributed by atoms with E-state index < -0.39 is 35.1 Å². The number of carbonyl (C=O) groups excluding carboxylic acids is 2. The number of alkyl carbamates (subject to hydrolysis) is 1. The number of imidazole rings is 2. The second-order valence-corrected chi connectivity index (χ2v) is 16.1. The summed E-state index contributed by atoms with van der Waals surface area (Å²) in [6.07, 6.45) is 2.81. The quantitative estimate of drug-likeness (QED) is 0.0485. The van der Waals surface area contributed by atoms with Crippen LogP contribution in [0, 0.1) is 5.92 Å². The molecule has 2 aliphatic heterocycles. The van der Waals surface area contributed by atoms with Gasteiger partial charge in [0.25, 0.3) is 0 Å². The Kier molecular flexibility index (Phi) is 11.3. The number of methoxy groups -OCH3 is 1. The third kappa shape index (κ3) is 7.65. The van der Waals surface area contributed by atoms with E-state index in [1.165, 1.54) is 7.11 Å². The molecule has 3 amide bonds. The molecule has 0 saturated carbocycles. The van der Waals surface area contributed by atoms with Gasteiger partial charge >= 0.3 is 12.2 Å². The number of nitrogens with zero attached hydrogens (tertiary/aromatic N) is 5. The molecule has 8 rings (SSSR count). The minimum Gasteiger partial charge on any atom is -0.453 e. The van der Waals surface area contributed by atoms with Crippen LogP contribution in [-0.2, 0) is 9.53 Å². The fourth-order valence-corrected chi connectivity index (χ4v) is 8.74. The van der Waals surface area contributed by atoms with Crippen LogP contribution in [-0.4, -0.2) is 89.2 Å². The van der Waals surface area contributed by atoms with Crippen LogP contribution in [0.1, 0.15) is 81.8 Å². The van der Waals surface area contributed by atoms with Crippen molar-refractivity contribution in [3.63, 3.8) is 0 Å². The second kappa shape index (κ2) is 16.7. The fourth-order valence-electron chi connectivity index (χ4n) is 8.74. The molecule has 4 heterocycles. The lowest BCUT2D eigenvalue weighted by atomic mass is 9.99. The molecule has 2 saturated heterocycles. The number of hydrogen-bond donors (Lipinski definition) is 5. The van der Waals surface area contributed by atoms with Gasteiger partial charge in [0.05, 0.1) is 42.6 Å². The molecule has 6 aromatic rings. The van der Waals surface area contributed by atoms with Gasteiger partial charge < -0.3 is 30.0 Å². The highest BCUT2D eigenvalue weighted by Crippen LogP contribution is 2.41. The number of H-pyrrole nitrogens is 2. The zero-order chi connectivity index (χ0) is 42.1. The molecule has 60 heavy (non-hydrogen) atoms. The Morgan fingerprint density at radius 1 is 0.800 bits per heavy atom. The van der Waals surface area contributed by atoms with E-state index in [2.05, 4.69) is 68.8 Å². The molecular weight excluding hydrogens is 761 g/mol. The third-order valence-corrected chi connectivity index (χ3v) is 12.1. The molecule has 14 nitrogen and oxygen atoms in total. The number of hydroxylamine groups is 2. The van der Waals surface area contributed by atoms with Crippen LogP contribution in [0.15, 0.2) is 103 Å². The Labute approximate surface area is 348 Å². The zero-order valence-corrected chi connectivity index (χ0v) is 34.2. The number of nitrogens with one attached hydrogen (secondary N) is 3. The standard InChI is InChI=1S/C46H50N8O6/c1-28(2)41(51-45(56)60-4)44(55)52-24-8-12-39(52)43-48-36-23-22-35(26-37(36)49-43)33-16-14-31(15-17-33)32-18-20-34(21-19-32)38-27-47-42(50-38)40-13-9-25-53(40)54(59,46(57)58)29(3)30-10-6-5-7-11-30/h5-7,10-11,14-23,26-29,39-41,59H,8-9,12-13,24-25H2,1-4H3,(H3-,47,48,49,50,51,56,57,58)/p+1. The van der Waals surface area contributed by atoms with Crippen LogP contribution in [0.3, 0.4) is 0 Å². The van der Waals surface area contributed by atoms with Gasteiger partial charge in [-0.1, -0.05) is 98.8 Å². The molecule has 4 aromatic carbocycles. The highest BCUT2D eigenvalue weighted by molar-refractivity contribution is 5.87. The molecule has 2 aliphatic rings. The van der Waals surface area contributed by atoms with Gasteiger partial charge in [0.2, 0.25) is 5.91 Å². The lowest BCUT2D eigenvalue weighted by molar-refractivity contribution is -1.15. The van der Waals surface area contributed by atoms with E-state index in [1.54, 1.807) is 18.1 Å². The minimum absolute atomic E-state index is 0.111. The number of amides is 3. The SMILES string of the molecule is COC(=O)NC(C(=O)N1CCCC1c1nc2ccc(-c3ccc(-c4ccc(-c5cnc(C6CCCN6[N+](O)(C(=O)O)C(C)c6ccccc6)[nH]5)cc4)cc3)cc2[nH]1)C(C)C. The smallest absolute Gasteiger partial charge is 0.453 e. The van der Waals surface area contributed by atoms with E-state index >= 15 is 0 Å². The van der Waals surface area contributed by atoms with Gasteiger partial charge in [0, 0.05) is 16.9 Å². The Morgan fingerprint density at radius 2 is 1.42 bits per heavy atom. The number of carbonyl (C=O) groups is 3. The Balaban J connectivity index is 0.950. The summed E-state index contributed by atoms with van der Waals surface area (Å²) in [4.78, 5) is 56.6. The van der Waals surface area contributed by atoms with Crippen molar-refractivity contribution in [2.75, 3.05) is 20.2 Å². The average molecular weight is 812 g/mol. The number of carboxylic acid groups (broad SMARTS) is 1. The van der Waals surface area contributed by atoms with Crippen molar-refractivity contribution in [3.8, 4) is 33.5 Å². The summed E-state index contributed by atoms with van der Waals surface area (Å²) in [5.41, 5.74) is 8.38. The van der Waals surface area contributed by atoms with Crippen molar-refractivity contribution in [3.05, 3.63) is 120 Å². The van der Waals surface area contributed by atoms with Crippen LogP contribution in [0.5, 0.6) is 0 Å². The number of aromatic amines is 2. The van der Waals surface area contributed by atoms with Crippen molar-refractivity contribution in [2.24, 2.45) is 5.92 Å². The summed E-state index contributed by atoms with van der Waals surface area (Å²) in [7, 11) is 1.29. The maximum absolute atomic E-state index is 13.6. The van der Waals surface area contributed by atoms with Crippen LogP contribution in [0.4, 0.5) is 9.59 Å². The lowest BCUT2D eigenvalue weighted by Crippen LogP contribution is -2.61. The summed E-state index contributed by atoms with van der Waals surface area (Å²) in [6, 6.07) is 29.9. The molecule has 2 aromatic heterocycles. The number of likely N-dealkylation sites (tertiary alicyclic amines) is 1. The normalized spacial score (nSPS) is 19.0. The molecule has 0 radical (unpaired) electrons. The number of aromatic nitrogens is 4. The largest absolute Gasteiger partial charge is 0.568 e. The Hall–Kier alpha value is -6.35. The summed E-state index contributed by atoms with van der Waals surface area (Å²) in [5.74, 6) is 1.10. The summed E-state index contributed by atoms with van der Waals surface area (Å²) < 4.78 is 3.52. The average Bonchev–Trinajstić information content (AvgIpc) is 4.11. The van der Waals surface area contributed by atoms with Crippen LogP contribution in [0.25, 0.3) is 44.5 Å². The first-order valence-corrected chi connectivity index (χ1v) is 20.5. The van der Waals surface area contributed by atoms with Gasteiger partial charge in [-0.25, -0.2) is 14.8 Å². The van der Waals surface area contributed by atoms with Crippen molar-refractivity contribution < 1.29 is 34.2 Å². The van der Waals surface area contributed by atoms with E-state index in [1.807, 2.05) is 67.3 Å². The predicted molar refractivity (Wildman–Crippen MR) is 226 cm³/mol. The van der Waals surface area contributed by atoms with Crippen LogP contribution in [0.2, 0.25) is 0 Å². The van der Waals surface area contributed by atoms with Crippen LogP contribution >= 0.6 is 0 Å². The summed E-state index contributed by atoms with van der Waals surface area (Å²) >= 11 is 0. The first kappa shape index (κ1) is 40.4. The molecule has 14 heteroatoms. The predicted octanol–water partition coefficient (Wildman–Crippen LogP) is 9.03. The van der Waals surface area contributed by atoms with Gasteiger partial charge in [-0.15, -0.1) is 5.01 Å². The second-order valence-electron chi connectivity index (χ2n) is 16.1. The van der Waals surface area contributed by atoms with Crippen molar-refractivity contribution in [1.82, 2.24) is 35.2 Å². The van der Waals surface area contributed by atoms with Gasteiger partial charge in [0.1, 0.15) is 23.7 Å². The molecule has 5 unspecified atom stereocenters. The van der Waals surface area contributed by atoms with Gasteiger partial charge in [-0.2, -0.15) is 10.0 Å². The van der Waals surface area contributed by atoms with Crippen molar-refractivity contribution in [1.29, 1.82) is 0 Å². The number of quaternary nitrogens is 1. The van der Waals surface area contributed by atoms with E-state index in [-0.39, 0.29) is 17.9 Å². The molecule has 0 spiro atoms. The topological polar surface area (TPSA) is 177 Å². The van der Waals surface area contributed by atoms with E-state index in [0.29, 0.717) is 25.3 Å². The number of rotatable bonds is 11. The molecular formula is C46H51N8O6+. The Morgan fingerprint density at radius 3 is 2.07 bits per heavy atom. The molecule has 310 valence electrons. The first-order valence-electron chi connectivity index (χ1n) is 20.5.